The van der Waals surface area contributed by atoms with Crippen LogP contribution in [-0.2, 0) is 20.0 Å². The zero-order valence-electron chi connectivity index (χ0n) is 17.3. The molecule has 0 bridgehead atoms. The van der Waals surface area contributed by atoms with Crippen LogP contribution in [-0.4, -0.2) is 68.3 Å². The molecule has 1 atom stereocenters. The topological polar surface area (TPSA) is 183 Å². The van der Waals surface area contributed by atoms with Gasteiger partial charge in [0.05, 0.1) is 14.2 Å². The van der Waals surface area contributed by atoms with E-state index in [1.165, 1.54) is 40.2 Å². The van der Waals surface area contributed by atoms with E-state index in [1.807, 2.05) is 0 Å². The van der Waals surface area contributed by atoms with Crippen molar-refractivity contribution >= 4 is 49.4 Å². The van der Waals surface area contributed by atoms with Crippen LogP contribution >= 0.6 is 11.6 Å². The lowest BCUT2D eigenvalue weighted by Crippen LogP contribution is -2.37. The maximum Gasteiger partial charge on any atom is 0.335 e. The first-order valence-electron chi connectivity index (χ1n) is 8.75. The van der Waals surface area contributed by atoms with Crippen molar-refractivity contribution in [3.63, 3.8) is 0 Å². The van der Waals surface area contributed by atoms with Gasteiger partial charge in [-0.15, -0.1) is 16.6 Å². The number of alkyl halides is 1. The number of nitrogens with one attached hydrogen (secondary N) is 2. The Bertz CT molecular complexity index is 1170. The van der Waals surface area contributed by atoms with Crippen molar-refractivity contribution in [1.82, 2.24) is 24.7 Å². The Morgan fingerprint density at radius 1 is 1.09 bits per heavy atom. The number of anilines is 2. The van der Waals surface area contributed by atoms with Crippen LogP contribution in [0.1, 0.15) is 13.8 Å². The highest BCUT2D eigenvalue weighted by Gasteiger charge is 2.29. The van der Waals surface area contributed by atoms with Gasteiger partial charge in [0.2, 0.25) is 5.95 Å². The summed E-state index contributed by atoms with van der Waals surface area (Å²) in [6.45, 7) is 2.74. The Hall–Kier alpha value is -2.98. The van der Waals surface area contributed by atoms with Gasteiger partial charge < -0.3 is 9.47 Å². The minimum Gasteiger partial charge on any atom is -0.467 e. The van der Waals surface area contributed by atoms with Crippen LogP contribution < -0.4 is 23.8 Å². The van der Waals surface area contributed by atoms with Crippen molar-refractivity contribution in [2.45, 2.75) is 23.6 Å². The number of ether oxygens (including phenoxy) is 2. The summed E-state index contributed by atoms with van der Waals surface area (Å²) in [5, 5.41) is 1.50. The molecule has 176 valence electrons. The second kappa shape index (κ2) is 10.1. The SMILES string of the molecule is CCN(c1cccc(S(=O)(=O)NC(=O)Nc2nc(OC)nc(OC)n2)n1)S(=O)(=O)C(C)Cl. The van der Waals surface area contributed by atoms with Gasteiger partial charge in [0.25, 0.3) is 20.0 Å². The Morgan fingerprint density at radius 2 is 1.69 bits per heavy atom. The lowest BCUT2D eigenvalue weighted by molar-refractivity contribution is 0.256. The van der Waals surface area contributed by atoms with Gasteiger partial charge >= 0.3 is 18.1 Å². The van der Waals surface area contributed by atoms with Crippen LogP contribution in [0.3, 0.4) is 0 Å². The number of carbonyl (C=O) groups excluding carboxylic acids is 1. The number of hydrogen-bond donors (Lipinski definition) is 2. The third kappa shape index (κ3) is 5.83. The van der Waals surface area contributed by atoms with Crippen LogP contribution in [0.25, 0.3) is 0 Å². The van der Waals surface area contributed by atoms with E-state index in [4.69, 9.17) is 21.1 Å². The van der Waals surface area contributed by atoms with E-state index in [0.29, 0.717) is 0 Å². The fourth-order valence-corrected chi connectivity index (χ4v) is 4.45. The molecule has 0 radical (unpaired) electrons. The number of amides is 2. The van der Waals surface area contributed by atoms with E-state index >= 15 is 0 Å². The molecule has 0 fully saturated rings. The zero-order chi connectivity index (χ0) is 24.1. The van der Waals surface area contributed by atoms with Gasteiger partial charge in [0, 0.05) is 6.54 Å². The molecule has 0 aliphatic rings. The van der Waals surface area contributed by atoms with Crippen LogP contribution in [0, 0.1) is 0 Å². The van der Waals surface area contributed by atoms with Crippen LogP contribution in [0.2, 0.25) is 0 Å². The Kier molecular flexibility index (Phi) is 7.97. The Balaban J connectivity index is 2.28. The molecule has 17 heteroatoms. The summed E-state index contributed by atoms with van der Waals surface area (Å²) >= 11 is 5.74. The fraction of sp³-hybridized carbons (Fsp3) is 0.400. The molecule has 0 spiro atoms. The van der Waals surface area contributed by atoms with Crippen LogP contribution in [0.5, 0.6) is 12.0 Å². The molecule has 2 aromatic rings. The van der Waals surface area contributed by atoms with E-state index in [2.05, 4.69) is 25.3 Å². The molecule has 1 unspecified atom stereocenters. The average molecular weight is 510 g/mol. The summed E-state index contributed by atoms with van der Waals surface area (Å²) in [5.74, 6) is -0.530. The molecular weight excluding hydrogens is 490 g/mol. The molecule has 2 N–H and O–H groups in total. The molecule has 0 aliphatic heterocycles. The second-order valence-electron chi connectivity index (χ2n) is 5.78. The molecule has 32 heavy (non-hydrogen) atoms. The highest BCUT2D eigenvalue weighted by Crippen LogP contribution is 2.21. The molecule has 0 saturated heterocycles. The van der Waals surface area contributed by atoms with Crippen molar-refractivity contribution in [3.05, 3.63) is 18.2 Å². The Labute approximate surface area is 189 Å². The number of hydrogen-bond acceptors (Lipinski definition) is 11. The van der Waals surface area contributed by atoms with Crippen molar-refractivity contribution in [2.24, 2.45) is 0 Å². The fourth-order valence-electron chi connectivity index (χ4n) is 2.22. The molecule has 0 saturated carbocycles. The molecule has 14 nitrogen and oxygen atoms in total. The third-order valence-electron chi connectivity index (χ3n) is 3.66. The lowest BCUT2D eigenvalue weighted by Gasteiger charge is -2.23. The molecule has 2 rings (SSSR count). The number of methoxy groups -OCH3 is 2. The number of urea groups is 1. The normalized spacial score (nSPS) is 12.5. The number of rotatable bonds is 9. The summed E-state index contributed by atoms with van der Waals surface area (Å²) in [6, 6.07) is 2.06. The monoisotopic (exact) mass is 509 g/mol. The molecular formula is C15H20ClN7O7S2. The van der Waals surface area contributed by atoms with E-state index in [1.54, 1.807) is 4.72 Å². The molecule has 0 aromatic carbocycles. The largest absolute Gasteiger partial charge is 0.467 e. The van der Waals surface area contributed by atoms with Crippen LogP contribution in [0.4, 0.5) is 16.6 Å². The predicted octanol–water partition coefficient (Wildman–Crippen LogP) is 0.535. The average Bonchev–Trinajstić information content (AvgIpc) is 2.73. The van der Waals surface area contributed by atoms with Crippen molar-refractivity contribution < 1.29 is 31.1 Å². The zero-order valence-corrected chi connectivity index (χ0v) is 19.7. The summed E-state index contributed by atoms with van der Waals surface area (Å²) in [4.78, 5) is 27.3. The lowest BCUT2D eigenvalue weighted by atomic mass is 10.4. The number of nitrogens with zero attached hydrogens (tertiary/aromatic N) is 5. The highest BCUT2D eigenvalue weighted by atomic mass is 35.5. The van der Waals surface area contributed by atoms with E-state index < -0.39 is 35.8 Å². The van der Waals surface area contributed by atoms with Gasteiger partial charge in [-0.3, -0.25) is 9.62 Å². The molecule has 2 amide bonds. The summed E-state index contributed by atoms with van der Waals surface area (Å²) in [5.41, 5.74) is 0. The van der Waals surface area contributed by atoms with Crippen LogP contribution in [0.15, 0.2) is 23.2 Å². The number of aromatic nitrogens is 4. The van der Waals surface area contributed by atoms with Gasteiger partial charge in [-0.2, -0.15) is 18.4 Å². The highest BCUT2D eigenvalue weighted by molar-refractivity contribution is 7.94. The standard InChI is InChI=1S/C15H20ClN7O7S2/c1-5-23(32(27,28)9(2)16)10-7-6-8-11(17-10)31(25,26)22-13(24)18-12-19-14(29-3)21-15(20-12)30-4/h6-9H,5H2,1-4H3,(H2,18,19,20,21,22,24). The number of halogens is 1. The summed E-state index contributed by atoms with van der Waals surface area (Å²) in [7, 11) is -5.95. The second-order valence-corrected chi connectivity index (χ2v) is 10.5. The third-order valence-corrected chi connectivity index (χ3v) is 7.44. The van der Waals surface area contributed by atoms with E-state index in [9.17, 15) is 21.6 Å². The van der Waals surface area contributed by atoms with Crippen molar-refractivity contribution in [2.75, 3.05) is 30.4 Å². The first-order valence-corrected chi connectivity index (χ1v) is 12.2. The van der Waals surface area contributed by atoms with Gasteiger partial charge in [-0.1, -0.05) is 6.07 Å². The minimum atomic E-state index is -4.50. The Morgan fingerprint density at radius 3 is 2.19 bits per heavy atom. The maximum atomic E-state index is 12.6. The van der Waals surface area contributed by atoms with Crippen molar-refractivity contribution in [1.29, 1.82) is 0 Å². The van der Waals surface area contributed by atoms with Gasteiger partial charge in [-0.05, 0) is 26.0 Å². The number of pyridine rings is 1. The minimum absolute atomic E-state index is 0.0488. The summed E-state index contributed by atoms with van der Waals surface area (Å²) in [6.07, 6.45) is 0. The van der Waals surface area contributed by atoms with E-state index in [0.717, 1.165) is 10.4 Å². The predicted molar refractivity (Wildman–Crippen MR) is 114 cm³/mol. The smallest absolute Gasteiger partial charge is 0.335 e. The van der Waals surface area contributed by atoms with E-state index in [-0.39, 0.29) is 30.3 Å². The first-order chi connectivity index (χ1) is 14.9. The number of carbonyl (C=O) groups is 1. The molecule has 2 aromatic heterocycles. The van der Waals surface area contributed by atoms with Crippen molar-refractivity contribution in [3.8, 4) is 12.0 Å². The maximum absolute atomic E-state index is 12.6. The van der Waals surface area contributed by atoms with Gasteiger partial charge in [0.15, 0.2) is 9.74 Å². The van der Waals surface area contributed by atoms with Gasteiger partial charge in [0.1, 0.15) is 5.82 Å². The number of sulfonamides is 2. The molecule has 2 heterocycles. The van der Waals surface area contributed by atoms with Gasteiger partial charge in [-0.25, -0.2) is 22.9 Å². The molecule has 0 aliphatic carbocycles. The summed E-state index contributed by atoms with van der Waals surface area (Å²) < 4.78 is 60.9. The first kappa shape index (κ1) is 25.3. The quantitative estimate of drug-likeness (QED) is 0.449.